The van der Waals surface area contributed by atoms with E-state index < -0.39 is 5.82 Å². The molecule has 5 heteroatoms. The summed E-state index contributed by atoms with van der Waals surface area (Å²) < 4.78 is 14.2. The largest absolute Gasteiger partial charge is 0.409 e. The Bertz CT molecular complexity index is 448. The molecule has 0 heterocycles. The van der Waals surface area contributed by atoms with Gasteiger partial charge >= 0.3 is 0 Å². The van der Waals surface area contributed by atoms with Crippen molar-refractivity contribution in [2.45, 2.75) is 39.3 Å². The maximum Gasteiger partial charge on any atom is 0.173 e. The molecule has 106 valence electrons. The first kappa shape index (κ1) is 15.4. The Morgan fingerprint density at radius 3 is 2.79 bits per heavy atom. The highest BCUT2D eigenvalue weighted by Crippen LogP contribution is 2.16. The van der Waals surface area contributed by atoms with E-state index >= 15 is 0 Å². The topological polar surface area (TPSA) is 61.8 Å². The molecule has 1 unspecified atom stereocenters. The summed E-state index contributed by atoms with van der Waals surface area (Å²) in [5, 5.41) is 11.5. The van der Waals surface area contributed by atoms with Gasteiger partial charge < -0.3 is 10.9 Å². The van der Waals surface area contributed by atoms with Crippen molar-refractivity contribution in [1.29, 1.82) is 0 Å². The summed E-state index contributed by atoms with van der Waals surface area (Å²) in [6.07, 6.45) is 2.16. The highest BCUT2D eigenvalue weighted by molar-refractivity contribution is 5.97. The van der Waals surface area contributed by atoms with Crippen LogP contribution in [0.2, 0.25) is 0 Å². The smallest absolute Gasteiger partial charge is 0.173 e. The Morgan fingerprint density at radius 2 is 2.21 bits per heavy atom. The lowest BCUT2D eigenvalue weighted by atomic mass is 10.1. The Balaban J connectivity index is 2.91. The SMILES string of the molecule is CCCC(C)N(C)Cc1cccc(/C(N)=N/O)c1F. The fourth-order valence-corrected chi connectivity index (χ4v) is 2.02. The number of oxime groups is 1. The van der Waals surface area contributed by atoms with E-state index in [0.29, 0.717) is 18.2 Å². The predicted octanol–water partition coefficient (Wildman–Crippen LogP) is 2.54. The Hall–Kier alpha value is -1.62. The monoisotopic (exact) mass is 267 g/mol. The highest BCUT2D eigenvalue weighted by atomic mass is 19.1. The van der Waals surface area contributed by atoms with Gasteiger partial charge in [-0.2, -0.15) is 0 Å². The summed E-state index contributed by atoms with van der Waals surface area (Å²) in [4.78, 5) is 2.10. The van der Waals surface area contributed by atoms with Crippen LogP contribution in [0.4, 0.5) is 4.39 Å². The van der Waals surface area contributed by atoms with Gasteiger partial charge in [-0.15, -0.1) is 0 Å². The van der Waals surface area contributed by atoms with E-state index in [9.17, 15) is 4.39 Å². The molecular weight excluding hydrogens is 245 g/mol. The lowest BCUT2D eigenvalue weighted by Gasteiger charge is -2.24. The zero-order valence-electron chi connectivity index (χ0n) is 11.7. The van der Waals surface area contributed by atoms with Gasteiger partial charge in [0.25, 0.3) is 0 Å². The van der Waals surface area contributed by atoms with Crippen LogP contribution in [-0.2, 0) is 6.54 Å². The summed E-state index contributed by atoms with van der Waals surface area (Å²) >= 11 is 0. The van der Waals surface area contributed by atoms with Crippen LogP contribution < -0.4 is 5.73 Å². The van der Waals surface area contributed by atoms with Crippen molar-refractivity contribution in [1.82, 2.24) is 4.90 Å². The van der Waals surface area contributed by atoms with Crippen LogP contribution in [0.3, 0.4) is 0 Å². The van der Waals surface area contributed by atoms with E-state index in [1.807, 2.05) is 7.05 Å². The van der Waals surface area contributed by atoms with Gasteiger partial charge in [0, 0.05) is 18.2 Å². The maximum absolute atomic E-state index is 14.2. The summed E-state index contributed by atoms with van der Waals surface area (Å²) in [6, 6.07) is 5.32. The first-order valence-electron chi connectivity index (χ1n) is 6.46. The molecule has 0 radical (unpaired) electrons. The second-order valence-electron chi connectivity index (χ2n) is 4.82. The van der Waals surface area contributed by atoms with Crippen molar-refractivity contribution < 1.29 is 9.60 Å². The van der Waals surface area contributed by atoms with E-state index in [0.717, 1.165) is 12.8 Å². The number of hydrogen-bond donors (Lipinski definition) is 2. The molecule has 1 rings (SSSR count). The van der Waals surface area contributed by atoms with E-state index in [2.05, 4.69) is 23.9 Å². The number of nitrogens with zero attached hydrogens (tertiary/aromatic N) is 2. The molecule has 0 fully saturated rings. The number of amidine groups is 1. The van der Waals surface area contributed by atoms with Crippen molar-refractivity contribution in [2.24, 2.45) is 10.9 Å². The van der Waals surface area contributed by atoms with E-state index in [1.165, 1.54) is 6.07 Å². The second kappa shape index (κ2) is 7.09. The minimum absolute atomic E-state index is 0.136. The molecule has 0 amide bonds. The lowest BCUT2D eigenvalue weighted by molar-refractivity contribution is 0.234. The van der Waals surface area contributed by atoms with E-state index in [4.69, 9.17) is 10.9 Å². The quantitative estimate of drug-likeness (QED) is 0.360. The lowest BCUT2D eigenvalue weighted by Crippen LogP contribution is -2.29. The molecule has 1 aromatic carbocycles. The molecule has 19 heavy (non-hydrogen) atoms. The van der Waals surface area contributed by atoms with Crippen LogP contribution >= 0.6 is 0 Å². The zero-order chi connectivity index (χ0) is 14.4. The Labute approximate surface area is 113 Å². The van der Waals surface area contributed by atoms with Crippen molar-refractivity contribution in [2.75, 3.05) is 7.05 Å². The van der Waals surface area contributed by atoms with Crippen LogP contribution in [-0.4, -0.2) is 29.0 Å². The molecule has 0 aliphatic heterocycles. The standard InChI is InChI=1S/C14H22FN3O/c1-4-6-10(2)18(3)9-11-7-5-8-12(13(11)15)14(16)17-19/h5,7-8,10,19H,4,6,9H2,1-3H3,(H2,16,17). The molecular formula is C14H22FN3O. The van der Waals surface area contributed by atoms with Gasteiger partial charge in [-0.3, -0.25) is 4.90 Å². The molecule has 1 atom stereocenters. The highest BCUT2D eigenvalue weighted by Gasteiger charge is 2.15. The van der Waals surface area contributed by atoms with Gasteiger partial charge in [0.1, 0.15) is 5.82 Å². The molecule has 3 N–H and O–H groups in total. The third-order valence-electron chi connectivity index (χ3n) is 3.34. The molecule has 0 saturated carbocycles. The average molecular weight is 267 g/mol. The second-order valence-corrected chi connectivity index (χ2v) is 4.82. The maximum atomic E-state index is 14.2. The van der Waals surface area contributed by atoms with E-state index in [-0.39, 0.29) is 11.4 Å². The third kappa shape index (κ3) is 3.92. The van der Waals surface area contributed by atoms with Gasteiger partial charge in [-0.1, -0.05) is 30.6 Å². The fraction of sp³-hybridized carbons (Fsp3) is 0.500. The van der Waals surface area contributed by atoms with Gasteiger partial charge in [0.15, 0.2) is 5.84 Å². The summed E-state index contributed by atoms with van der Waals surface area (Å²) in [5.74, 6) is -0.628. The molecule has 0 aliphatic rings. The molecule has 4 nitrogen and oxygen atoms in total. The third-order valence-corrected chi connectivity index (χ3v) is 3.34. The van der Waals surface area contributed by atoms with Crippen molar-refractivity contribution in [3.8, 4) is 0 Å². The minimum Gasteiger partial charge on any atom is -0.409 e. The van der Waals surface area contributed by atoms with Gasteiger partial charge in [0.2, 0.25) is 0 Å². The zero-order valence-corrected chi connectivity index (χ0v) is 11.7. The average Bonchev–Trinajstić information content (AvgIpc) is 2.40. The molecule has 0 saturated heterocycles. The van der Waals surface area contributed by atoms with Gasteiger partial charge in [-0.25, -0.2) is 4.39 Å². The van der Waals surface area contributed by atoms with Crippen molar-refractivity contribution in [3.63, 3.8) is 0 Å². The molecule has 0 spiro atoms. The first-order chi connectivity index (χ1) is 9.01. The number of nitrogens with two attached hydrogens (primary N) is 1. The van der Waals surface area contributed by atoms with Crippen LogP contribution in [0.25, 0.3) is 0 Å². The normalized spacial score (nSPS) is 13.8. The van der Waals surface area contributed by atoms with Crippen molar-refractivity contribution in [3.05, 3.63) is 35.1 Å². The predicted molar refractivity (Wildman–Crippen MR) is 74.7 cm³/mol. The van der Waals surface area contributed by atoms with Crippen LogP contribution in [0, 0.1) is 5.82 Å². The summed E-state index contributed by atoms with van der Waals surface area (Å²) in [5.41, 5.74) is 6.13. The van der Waals surface area contributed by atoms with Crippen LogP contribution in [0.15, 0.2) is 23.4 Å². The van der Waals surface area contributed by atoms with Crippen LogP contribution in [0.1, 0.15) is 37.8 Å². The van der Waals surface area contributed by atoms with Crippen LogP contribution in [0.5, 0.6) is 0 Å². The molecule has 0 bridgehead atoms. The number of halogens is 1. The fourth-order valence-electron chi connectivity index (χ4n) is 2.02. The molecule has 1 aromatic rings. The molecule has 0 aliphatic carbocycles. The van der Waals surface area contributed by atoms with E-state index in [1.54, 1.807) is 12.1 Å². The Kier molecular flexibility index (Phi) is 5.76. The summed E-state index contributed by atoms with van der Waals surface area (Å²) in [6.45, 7) is 4.75. The number of hydrogen-bond acceptors (Lipinski definition) is 3. The first-order valence-corrected chi connectivity index (χ1v) is 6.46. The number of benzene rings is 1. The minimum atomic E-state index is -0.423. The number of rotatable bonds is 6. The van der Waals surface area contributed by atoms with Gasteiger partial charge in [0.05, 0.1) is 5.56 Å². The molecule has 0 aromatic heterocycles. The summed E-state index contributed by atoms with van der Waals surface area (Å²) in [7, 11) is 1.97. The Morgan fingerprint density at radius 1 is 1.53 bits per heavy atom. The van der Waals surface area contributed by atoms with Gasteiger partial charge in [-0.05, 0) is 26.5 Å². The van der Waals surface area contributed by atoms with Crippen molar-refractivity contribution >= 4 is 5.84 Å².